The summed E-state index contributed by atoms with van der Waals surface area (Å²) in [6, 6.07) is -1.24. The Hall–Kier alpha value is -1.83. The second-order valence-electron chi connectivity index (χ2n) is 5.54. The highest BCUT2D eigenvalue weighted by Crippen LogP contribution is 2.17. The van der Waals surface area contributed by atoms with E-state index >= 15 is 0 Å². The van der Waals surface area contributed by atoms with Gasteiger partial charge in [0.15, 0.2) is 0 Å². The van der Waals surface area contributed by atoms with E-state index in [0.29, 0.717) is 26.2 Å². The number of ether oxygens (including phenoxy) is 1. The normalized spacial score (nSPS) is 30.0. The highest BCUT2D eigenvalue weighted by atomic mass is 16.5. The van der Waals surface area contributed by atoms with Crippen molar-refractivity contribution in [1.82, 2.24) is 15.1 Å². The zero-order chi connectivity index (χ0) is 15.6. The van der Waals surface area contributed by atoms with Crippen molar-refractivity contribution in [3.63, 3.8) is 0 Å². The van der Waals surface area contributed by atoms with Gasteiger partial charge in [0.1, 0.15) is 6.04 Å². The Balaban J connectivity index is 2.11. The molecule has 2 saturated heterocycles. The van der Waals surface area contributed by atoms with Crippen molar-refractivity contribution in [2.75, 3.05) is 26.2 Å². The molecule has 0 bridgehead atoms. The molecule has 118 valence electrons. The zero-order valence-corrected chi connectivity index (χ0v) is 12.2. The third-order valence-corrected chi connectivity index (χ3v) is 3.63. The SMILES string of the molecule is C[C@@H]1CN(C(=O)N2CCNC(=O)C2CC(=O)O)C[C@H](C)O1. The molecule has 0 saturated carbocycles. The molecule has 0 aromatic rings. The predicted octanol–water partition coefficient (Wildman–Crippen LogP) is -0.509. The van der Waals surface area contributed by atoms with Crippen molar-refractivity contribution in [1.29, 1.82) is 0 Å². The fourth-order valence-electron chi connectivity index (χ4n) is 2.83. The van der Waals surface area contributed by atoms with E-state index < -0.39 is 17.9 Å². The Labute approximate surface area is 123 Å². The predicted molar refractivity (Wildman–Crippen MR) is 72.7 cm³/mol. The molecule has 1 unspecified atom stereocenters. The zero-order valence-electron chi connectivity index (χ0n) is 12.2. The number of urea groups is 1. The second kappa shape index (κ2) is 6.30. The standard InChI is InChI=1S/C13H21N3O5/c1-8-6-15(7-9(2)21-8)13(20)16-4-3-14-12(19)10(16)5-11(17)18/h8-10H,3-7H2,1-2H3,(H,14,19)(H,17,18)/t8-,9+,10?. The molecule has 2 aliphatic heterocycles. The van der Waals surface area contributed by atoms with E-state index in [2.05, 4.69) is 5.32 Å². The lowest BCUT2D eigenvalue weighted by molar-refractivity contribution is -0.142. The number of nitrogens with one attached hydrogen (secondary N) is 1. The molecule has 8 heteroatoms. The lowest BCUT2D eigenvalue weighted by atomic mass is 10.1. The average molecular weight is 299 g/mol. The Kier molecular flexibility index (Phi) is 4.66. The van der Waals surface area contributed by atoms with Crippen LogP contribution in [0.2, 0.25) is 0 Å². The molecule has 0 aromatic heterocycles. The number of rotatable bonds is 2. The van der Waals surface area contributed by atoms with E-state index in [-0.39, 0.29) is 24.7 Å². The van der Waals surface area contributed by atoms with Crippen LogP contribution < -0.4 is 5.32 Å². The van der Waals surface area contributed by atoms with Crippen molar-refractivity contribution < 1.29 is 24.2 Å². The molecular formula is C13H21N3O5. The summed E-state index contributed by atoms with van der Waals surface area (Å²) in [5.74, 6) is -1.51. The van der Waals surface area contributed by atoms with Crippen LogP contribution in [0, 0.1) is 0 Å². The maximum Gasteiger partial charge on any atom is 0.320 e. The quantitative estimate of drug-likeness (QED) is 0.715. The first-order valence-electron chi connectivity index (χ1n) is 7.09. The highest BCUT2D eigenvalue weighted by molar-refractivity contribution is 5.91. The number of carboxylic acid groups (broad SMARTS) is 1. The monoisotopic (exact) mass is 299 g/mol. The molecule has 3 amide bonds. The molecule has 2 rings (SSSR count). The number of carbonyl (C=O) groups is 3. The Bertz CT molecular complexity index is 432. The number of carbonyl (C=O) groups excluding carboxylic acids is 2. The lowest BCUT2D eigenvalue weighted by Gasteiger charge is -2.41. The summed E-state index contributed by atoms with van der Waals surface area (Å²) in [7, 11) is 0. The number of aliphatic carboxylic acids is 1. The molecule has 2 aliphatic rings. The Morgan fingerprint density at radius 1 is 1.33 bits per heavy atom. The molecule has 0 aromatic carbocycles. The third kappa shape index (κ3) is 3.63. The van der Waals surface area contributed by atoms with E-state index in [9.17, 15) is 14.4 Å². The van der Waals surface area contributed by atoms with Crippen molar-refractivity contribution in [3.05, 3.63) is 0 Å². The van der Waals surface area contributed by atoms with Gasteiger partial charge in [-0.2, -0.15) is 0 Å². The summed E-state index contributed by atoms with van der Waals surface area (Å²) in [4.78, 5) is 38.3. The molecule has 3 atom stereocenters. The maximum atomic E-state index is 12.6. The van der Waals surface area contributed by atoms with Gasteiger partial charge in [0.2, 0.25) is 5.91 Å². The molecule has 0 spiro atoms. The number of hydrogen-bond acceptors (Lipinski definition) is 4. The molecule has 0 radical (unpaired) electrons. The first kappa shape index (κ1) is 15.6. The summed E-state index contributed by atoms with van der Waals surface area (Å²) >= 11 is 0. The summed E-state index contributed by atoms with van der Waals surface area (Å²) in [6.45, 7) is 5.32. The first-order chi connectivity index (χ1) is 9.88. The largest absolute Gasteiger partial charge is 0.481 e. The van der Waals surface area contributed by atoms with E-state index in [1.807, 2.05) is 13.8 Å². The molecule has 21 heavy (non-hydrogen) atoms. The van der Waals surface area contributed by atoms with Gasteiger partial charge in [-0.3, -0.25) is 9.59 Å². The van der Waals surface area contributed by atoms with Crippen molar-refractivity contribution in [3.8, 4) is 0 Å². The van der Waals surface area contributed by atoms with Crippen LogP contribution in [0.4, 0.5) is 4.79 Å². The smallest absolute Gasteiger partial charge is 0.320 e. The third-order valence-electron chi connectivity index (χ3n) is 3.63. The minimum atomic E-state index is -1.10. The van der Waals surface area contributed by atoms with Gasteiger partial charge in [0.05, 0.1) is 18.6 Å². The van der Waals surface area contributed by atoms with Gasteiger partial charge in [0.25, 0.3) is 0 Å². The van der Waals surface area contributed by atoms with Gasteiger partial charge in [0, 0.05) is 26.2 Å². The maximum absolute atomic E-state index is 12.6. The van der Waals surface area contributed by atoms with Crippen molar-refractivity contribution >= 4 is 17.9 Å². The molecule has 2 N–H and O–H groups in total. The Morgan fingerprint density at radius 2 is 1.95 bits per heavy atom. The van der Waals surface area contributed by atoms with Crippen LogP contribution in [0.1, 0.15) is 20.3 Å². The van der Waals surface area contributed by atoms with Gasteiger partial charge < -0.3 is 25.0 Å². The lowest BCUT2D eigenvalue weighted by Crippen LogP contribution is -2.62. The number of carboxylic acids is 1. The minimum absolute atomic E-state index is 0.0748. The topological polar surface area (TPSA) is 99.2 Å². The van der Waals surface area contributed by atoms with Gasteiger partial charge in [-0.1, -0.05) is 0 Å². The van der Waals surface area contributed by atoms with E-state index in [1.165, 1.54) is 4.90 Å². The molecule has 0 aliphatic carbocycles. The highest BCUT2D eigenvalue weighted by Gasteiger charge is 2.38. The number of morpholine rings is 1. The van der Waals surface area contributed by atoms with Gasteiger partial charge in [-0.05, 0) is 13.8 Å². The van der Waals surface area contributed by atoms with Gasteiger partial charge >= 0.3 is 12.0 Å². The number of amides is 3. The number of hydrogen-bond donors (Lipinski definition) is 2. The van der Waals surface area contributed by atoms with Gasteiger partial charge in [-0.15, -0.1) is 0 Å². The molecule has 2 fully saturated rings. The van der Waals surface area contributed by atoms with Crippen LogP contribution in [-0.2, 0) is 14.3 Å². The summed E-state index contributed by atoms with van der Waals surface area (Å²) < 4.78 is 5.58. The van der Waals surface area contributed by atoms with E-state index in [1.54, 1.807) is 4.90 Å². The van der Waals surface area contributed by atoms with Gasteiger partial charge in [-0.25, -0.2) is 4.79 Å². The van der Waals surface area contributed by atoms with Crippen LogP contribution in [0.15, 0.2) is 0 Å². The summed E-state index contributed by atoms with van der Waals surface area (Å²) in [6.07, 6.45) is -0.531. The van der Waals surface area contributed by atoms with E-state index in [4.69, 9.17) is 9.84 Å². The number of piperazine rings is 1. The van der Waals surface area contributed by atoms with Crippen LogP contribution >= 0.6 is 0 Å². The van der Waals surface area contributed by atoms with Crippen molar-refractivity contribution in [2.24, 2.45) is 0 Å². The van der Waals surface area contributed by atoms with Crippen molar-refractivity contribution in [2.45, 2.75) is 38.5 Å². The van der Waals surface area contributed by atoms with E-state index in [0.717, 1.165) is 0 Å². The number of nitrogens with zero attached hydrogens (tertiary/aromatic N) is 2. The average Bonchev–Trinajstić information content (AvgIpc) is 2.38. The van der Waals surface area contributed by atoms with Crippen LogP contribution in [0.5, 0.6) is 0 Å². The fraction of sp³-hybridized carbons (Fsp3) is 0.769. The van der Waals surface area contributed by atoms with Crippen LogP contribution in [0.3, 0.4) is 0 Å². The second-order valence-corrected chi connectivity index (χ2v) is 5.54. The fourth-order valence-corrected chi connectivity index (χ4v) is 2.83. The minimum Gasteiger partial charge on any atom is -0.481 e. The molecule has 8 nitrogen and oxygen atoms in total. The molecule has 2 heterocycles. The molecular weight excluding hydrogens is 278 g/mol. The summed E-state index contributed by atoms with van der Waals surface area (Å²) in [5.41, 5.74) is 0. The summed E-state index contributed by atoms with van der Waals surface area (Å²) in [5, 5.41) is 11.5. The Morgan fingerprint density at radius 3 is 2.52 bits per heavy atom. The van der Waals surface area contributed by atoms with Crippen LogP contribution in [0.25, 0.3) is 0 Å². The first-order valence-corrected chi connectivity index (χ1v) is 7.09. The van der Waals surface area contributed by atoms with Crippen LogP contribution in [-0.4, -0.2) is 77.2 Å².